The molecule has 1 aromatic heterocycles. The summed E-state index contributed by atoms with van der Waals surface area (Å²) in [6.07, 6.45) is 9.45. The van der Waals surface area contributed by atoms with Crippen LogP contribution in [-0.4, -0.2) is 70.4 Å². The lowest BCUT2D eigenvalue weighted by Crippen LogP contribution is -2.59. The van der Waals surface area contributed by atoms with Crippen LogP contribution in [0.4, 0.5) is 0 Å². The minimum atomic E-state index is 0.211. The highest BCUT2D eigenvalue weighted by Gasteiger charge is 2.62. The predicted octanol–water partition coefficient (Wildman–Crippen LogP) is 3.60. The van der Waals surface area contributed by atoms with E-state index in [1.54, 1.807) is 6.20 Å². The second-order valence-corrected chi connectivity index (χ2v) is 10.5. The average molecular weight is 433 g/mol. The molecule has 2 aromatic rings. The summed E-state index contributed by atoms with van der Waals surface area (Å²) in [6, 6.07) is 16.5. The van der Waals surface area contributed by atoms with Gasteiger partial charge in [0.25, 0.3) is 0 Å². The molecule has 5 heteroatoms. The normalized spacial score (nSPS) is 31.8. The first-order valence-electron chi connectivity index (χ1n) is 12.1. The number of pyridine rings is 1. The van der Waals surface area contributed by atoms with Crippen LogP contribution in [-0.2, 0) is 17.8 Å². The number of hydrogen-bond donors (Lipinski definition) is 0. The predicted molar refractivity (Wildman–Crippen MR) is 127 cm³/mol. The Morgan fingerprint density at radius 2 is 1.88 bits per heavy atom. The number of benzene rings is 1. The van der Waals surface area contributed by atoms with Crippen molar-refractivity contribution in [2.45, 2.75) is 69.7 Å². The zero-order valence-electron chi connectivity index (χ0n) is 19.7. The second-order valence-electron chi connectivity index (χ2n) is 10.5. The van der Waals surface area contributed by atoms with Gasteiger partial charge in [-0.2, -0.15) is 0 Å². The number of amides is 1. The summed E-state index contributed by atoms with van der Waals surface area (Å²) in [5.74, 6) is 0.295. The van der Waals surface area contributed by atoms with E-state index in [2.05, 4.69) is 70.1 Å². The Balaban J connectivity index is 1.39. The van der Waals surface area contributed by atoms with Gasteiger partial charge in [-0.1, -0.05) is 43.3 Å². The number of rotatable bonds is 6. The third kappa shape index (κ3) is 3.75. The van der Waals surface area contributed by atoms with Gasteiger partial charge in [0.2, 0.25) is 5.91 Å². The SMILES string of the molecule is CN(CC(=O)N1[C@H]2CCC[C@H]3N(C)[C@@H](Cc4ccccc4)[C@@H]1C[C@@]23C)Cc1cccnc1. The van der Waals surface area contributed by atoms with Gasteiger partial charge in [0.1, 0.15) is 0 Å². The topological polar surface area (TPSA) is 39.7 Å². The molecule has 2 aliphatic heterocycles. The lowest BCUT2D eigenvalue weighted by atomic mass is 9.64. The molecule has 1 aromatic carbocycles. The van der Waals surface area contributed by atoms with Gasteiger partial charge >= 0.3 is 0 Å². The van der Waals surface area contributed by atoms with E-state index in [-0.39, 0.29) is 5.41 Å². The third-order valence-corrected chi connectivity index (χ3v) is 8.43. The lowest BCUT2D eigenvalue weighted by Gasteiger charge is -2.51. The molecule has 2 bridgehead atoms. The highest BCUT2D eigenvalue weighted by Crippen LogP contribution is 2.56. The molecule has 1 amide bonds. The van der Waals surface area contributed by atoms with Crippen molar-refractivity contribution in [2.24, 2.45) is 5.41 Å². The van der Waals surface area contributed by atoms with Crippen molar-refractivity contribution >= 4 is 5.91 Å². The Morgan fingerprint density at radius 3 is 2.62 bits per heavy atom. The standard InChI is InChI=1S/C27H36N4O/c1-27-16-23-22(15-20-9-5-4-6-10-20)30(3)24(27)12-7-13-25(27)31(23)26(32)19-29(2)18-21-11-8-14-28-17-21/h4-6,8-11,14,17,22-25H,7,12-13,15-16,18-19H2,1-3H3/t22-,23-,24+,25-,27+/m0/s1. The molecule has 0 N–H and O–H groups in total. The Morgan fingerprint density at radius 1 is 1.12 bits per heavy atom. The molecule has 0 spiro atoms. The fourth-order valence-electron chi connectivity index (χ4n) is 7.05. The van der Waals surface area contributed by atoms with E-state index >= 15 is 0 Å². The van der Waals surface area contributed by atoms with Crippen LogP contribution >= 0.6 is 0 Å². The first-order valence-corrected chi connectivity index (χ1v) is 12.1. The molecule has 5 atom stereocenters. The molecule has 1 aliphatic carbocycles. The van der Waals surface area contributed by atoms with Gasteiger partial charge in [-0.25, -0.2) is 0 Å². The molecule has 0 unspecified atom stereocenters. The Labute approximate surface area is 192 Å². The van der Waals surface area contributed by atoms with Crippen molar-refractivity contribution in [1.29, 1.82) is 0 Å². The molecular weight excluding hydrogens is 396 g/mol. The number of hydrogen-bond acceptors (Lipinski definition) is 4. The Hall–Kier alpha value is -2.24. The van der Waals surface area contributed by atoms with Gasteiger partial charge in [-0.15, -0.1) is 0 Å². The van der Waals surface area contributed by atoms with E-state index in [0.29, 0.717) is 36.6 Å². The van der Waals surface area contributed by atoms with Crippen molar-refractivity contribution < 1.29 is 4.79 Å². The largest absolute Gasteiger partial charge is 0.333 e. The van der Waals surface area contributed by atoms with E-state index < -0.39 is 0 Å². The number of carbonyl (C=O) groups excluding carboxylic acids is 1. The van der Waals surface area contributed by atoms with Crippen molar-refractivity contribution in [3.05, 3.63) is 66.0 Å². The first-order chi connectivity index (χ1) is 15.5. The van der Waals surface area contributed by atoms with Crippen LogP contribution in [0.3, 0.4) is 0 Å². The van der Waals surface area contributed by atoms with Crippen LogP contribution in [0.15, 0.2) is 54.9 Å². The second kappa shape index (κ2) is 8.60. The van der Waals surface area contributed by atoms with Gasteiger partial charge < -0.3 is 4.90 Å². The summed E-state index contributed by atoms with van der Waals surface area (Å²) in [6.45, 7) is 3.66. The first kappa shape index (κ1) is 21.6. The number of aromatic nitrogens is 1. The molecule has 5 nitrogen and oxygen atoms in total. The summed E-state index contributed by atoms with van der Waals surface area (Å²) < 4.78 is 0. The fraction of sp³-hybridized carbons (Fsp3) is 0.556. The number of nitrogens with zero attached hydrogens (tertiary/aromatic N) is 4. The Kier molecular flexibility index (Phi) is 5.81. The fourth-order valence-corrected chi connectivity index (χ4v) is 7.05. The van der Waals surface area contributed by atoms with Crippen LogP contribution in [0, 0.1) is 5.41 Å². The van der Waals surface area contributed by atoms with E-state index in [1.165, 1.54) is 18.4 Å². The molecule has 3 fully saturated rings. The number of piperidine rings is 1. The molecule has 3 aliphatic rings. The van der Waals surface area contributed by atoms with Crippen LogP contribution in [0.1, 0.15) is 43.7 Å². The van der Waals surface area contributed by atoms with Gasteiger partial charge in [0.05, 0.1) is 6.54 Å². The summed E-state index contributed by atoms with van der Waals surface area (Å²) in [4.78, 5) is 25.1. The maximum absolute atomic E-state index is 13.8. The number of likely N-dealkylation sites (tertiary alicyclic amines) is 2. The molecule has 1 saturated carbocycles. The summed E-state index contributed by atoms with van der Waals surface area (Å²) >= 11 is 0. The monoisotopic (exact) mass is 432 g/mol. The van der Waals surface area contributed by atoms with Gasteiger partial charge in [-0.05, 0) is 63.4 Å². The number of likely N-dealkylation sites (N-methyl/N-ethyl adjacent to an activating group) is 2. The van der Waals surface area contributed by atoms with Crippen molar-refractivity contribution in [1.82, 2.24) is 19.7 Å². The van der Waals surface area contributed by atoms with E-state index in [0.717, 1.165) is 31.4 Å². The van der Waals surface area contributed by atoms with Gasteiger partial charge in [0, 0.05) is 48.5 Å². The van der Waals surface area contributed by atoms with E-state index in [4.69, 9.17) is 0 Å². The molecular formula is C27H36N4O. The van der Waals surface area contributed by atoms with Gasteiger partial charge in [0.15, 0.2) is 0 Å². The summed E-state index contributed by atoms with van der Waals surface area (Å²) in [7, 11) is 4.36. The lowest BCUT2D eigenvalue weighted by molar-refractivity contribution is -0.136. The maximum Gasteiger partial charge on any atom is 0.237 e. The molecule has 5 rings (SSSR count). The Bertz CT molecular complexity index is 935. The zero-order chi connectivity index (χ0) is 22.3. The smallest absolute Gasteiger partial charge is 0.237 e. The van der Waals surface area contributed by atoms with Gasteiger partial charge in [-0.3, -0.25) is 19.6 Å². The van der Waals surface area contributed by atoms with Crippen LogP contribution in [0.25, 0.3) is 0 Å². The molecule has 170 valence electrons. The number of carbonyl (C=O) groups is 1. The maximum atomic E-state index is 13.8. The van der Waals surface area contributed by atoms with E-state index in [9.17, 15) is 4.79 Å². The molecule has 0 radical (unpaired) electrons. The van der Waals surface area contributed by atoms with Crippen molar-refractivity contribution in [2.75, 3.05) is 20.6 Å². The minimum Gasteiger partial charge on any atom is -0.333 e. The summed E-state index contributed by atoms with van der Waals surface area (Å²) in [5, 5.41) is 0. The van der Waals surface area contributed by atoms with Crippen LogP contribution < -0.4 is 0 Å². The number of fused-ring (bicyclic) bond motifs is 1. The third-order valence-electron chi connectivity index (χ3n) is 8.43. The summed E-state index contributed by atoms with van der Waals surface area (Å²) in [5.41, 5.74) is 2.73. The van der Waals surface area contributed by atoms with Crippen LogP contribution in [0.5, 0.6) is 0 Å². The van der Waals surface area contributed by atoms with Crippen LogP contribution in [0.2, 0.25) is 0 Å². The van der Waals surface area contributed by atoms with E-state index in [1.807, 2.05) is 19.3 Å². The molecule has 3 heterocycles. The zero-order valence-corrected chi connectivity index (χ0v) is 19.7. The van der Waals surface area contributed by atoms with Crippen molar-refractivity contribution in [3.8, 4) is 0 Å². The quantitative estimate of drug-likeness (QED) is 0.699. The highest BCUT2D eigenvalue weighted by molar-refractivity contribution is 5.80. The highest BCUT2D eigenvalue weighted by atomic mass is 16.2. The minimum absolute atomic E-state index is 0.211. The van der Waals surface area contributed by atoms with Crippen molar-refractivity contribution in [3.63, 3.8) is 0 Å². The average Bonchev–Trinajstić information content (AvgIpc) is 3.10. The molecule has 32 heavy (non-hydrogen) atoms. The molecule has 2 saturated heterocycles.